The molecule has 1 heterocycles. The number of benzene rings is 3. The quantitative estimate of drug-likeness (QED) is 0.478. The molecule has 0 aliphatic rings. The molecule has 0 aliphatic heterocycles. The van der Waals surface area contributed by atoms with E-state index in [2.05, 4.69) is 60.0 Å². The number of nitrogens with zero attached hydrogens (tertiary/aromatic N) is 3. The lowest BCUT2D eigenvalue weighted by Crippen LogP contribution is -2.04. The molecular formula is C23H21N3. The van der Waals surface area contributed by atoms with Gasteiger partial charge in [0.25, 0.3) is 0 Å². The Morgan fingerprint density at radius 1 is 1.04 bits per heavy atom. The van der Waals surface area contributed by atoms with Gasteiger partial charge in [0.15, 0.2) is 0 Å². The lowest BCUT2D eigenvalue weighted by atomic mass is 10.1. The Morgan fingerprint density at radius 3 is 2.54 bits per heavy atom. The van der Waals surface area contributed by atoms with E-state index < -0.39 is 0 Å². The number of hydrogen-bond donors (Lipinski definition) is 0. The number of nitriles is 1. The largest absolute Gasteiger partial charge is 0.296 e. The van der Waals surface area contributed by atoms with Crippen molar-refractivity contribution < 1.29 is 0 Å². The Hall–Kier alpha value is -3.12. The Kier molecular flexibility index (Phi) is 4.18. The second kappa shape index (κ2) is 6.65. The van der Waals surface area contributed by atoms with Gasteiger partial charge in [0.2, 0.25) is 0 Å². The summed E-state index contributed by atoms with van der Waals surface area (Å²) in [4.78, 5) is 4.95. The van der Waals surface area contributed by atoms with Gasteiger partial charge in [0.1, 0.15) is 5.82 Å². The zero-order valence-electron chi connectivity index (χ0n) is 15.2. The van der Waals surface area contributed by atoms with E-state index in [0.29, 0.717) is 5.56 Å². The van der Waals surface area contributed by atoms with Gasteiger partial charge < -0.3 is 0 Å². The van der Waals surface area contributed by atoms with Crippen LogP contribution in [0.15, 0.2) is 54.6 Å². The highest BCUT2D eigenvalue weighted by molar-refractivity contribution is 5.96. The van der Waals surface area contributed by atoms with E-state index in [4.69, 9.17) is 4.98 Å². The highest BCUT2D eigenvalue weighted by Crippen LogP contribution is 2.29. The Labute approximate surface area is 153 Å². The van der Waals surface area contributed by atoms with Crippen molar-refractivity contribution in [1.82, 2.24) is 9.55 Å². The molecule has 0 bridgehead atoms. The van der Waals surface area contributed by atoms with Crippen LogP contribution in [-0.4, -0.2) is 9.55 Å². The van der Waals surface area contributed by atoms with Crippen molar-refractivity contribution in [2.24, 2.45) is 0 Å². The zero-order chi connectivity index (χ0) is 18.1. The second-order valence-corrected chi connectivity index (χ2v) is 6.72. The third kappa shape index (κ3) is 2.64. The van der Waals surface area contributed by atoms with Gasteiger partial charge in [-0.3, -0.25) is 4.57 Å². The van der Waals surface area contributed by atoms with Gasteiger partial charge in [-0.2, -0.15) is 5.26 Å². The summed E-state index contributed by atoms with van der Waals surface area (Å²) >= 11 is 0. The molecule has 3 heteroatoms. The number of aromatic nitrogens is 2. The van der Waals surface area contributed by atoms with Crippen LogP contribution in [0.5, 0.6) is 0 Å². The van der Waals surface area contributed by atoms with Crippen molar-refractivity contribution in [2.45, 2.75) is 33.1 Å². The number of hydrogen-bond acceptors (Lipinski definition) is 2. The van der Waals surface area contributed by atoms with Crippen molar-refractivity contribution in [2.75, 3.05) is 0 Å². The average molecular weight is 339 g/mol. The van der Waals surface area contributed by atoms with Crippen LogP contribution in [0.2, 0.25) is 0 Å². The molecule has 0 unspecified atom stereocenters. The standard InChI is InChI=1S/C23H21N3/c1-3-4-12-23-25-20-13-17-8-5-6-9-18(17)14-22(20)26(23)21-11-7-10-19(15-24)16(21)2/h5-11,13-14H,3-4,12H2,1-2H3. The third-order valence-corrected chi connectivity index (χ3v) is 5.01. The van der Waals surface area contributed by atoms with Crippen LogP contribution in [0.3, 0.4) is 0 Å². The fraction of sp³-hybridized carbons (Fsp3) is 0.217. The molecule has 0 saturated heterocycles. The fourth-order valence-corrected chi connectivity index (χ4v) is 3.57. The first-order valence-corrected chi connectivity index (χ1v) is 9.13. The summed E-state index contributed by atoms with van der Waals surface area (Å²) in [6.45, 7) is 4.22. The van der Waals surface area contributed by atoms with Gasteiger partial charge in [-0.25, -0.2) is 4.98 Å². The van der Waals surface area contributed by atoms with Gasteiger partial charge in [-0.05, 0) is 53.9 Å². The highest BCUT2D eigenvalue weighted by atomic mass is 15.1. The van der Waals surface area contributed by atoms with Gasteiger partial charge in [0, 0.05) is 6.42 Å². The zero-order valence-corrected chi connectivity index (χ0v) is 15.2. The summed E-state index contributed by atoms with van der Waals surface area (Å²) in [5, 5.41) is 11.8. The predicted molar refractivity (Wildman–Crippen MR) is 107 cm³/mol. The lowest BCUT2D eigenvalue weighted by molar-refractivity contribution is 0.743. The van der Waals surface area contributed by atoms with Crippen molar-refractivity contribution in [1.29, 1.82) is 5.26 Å². The maximum absolute atomic E-state index is 9.43. The normalized spacial score (nSPS) is 11.1. The molecular weight excluding hydrogens is 318 g/mol. The summed E-state index contributed by atoms with van der Waals surface area (Å²) in [7, 11) is 0. The number of fused-ring (bicyclic) bond motifs is 2. The van der Waals surface area contributed by atoms with Crippen LogP contribution < -0.4 is 0 Å². The first-order chi connectivity index (χ1) is 12.7. The summed E-state index contributed by atoms with van der Waals surface area (Å²) in [5.41, 5.74) is 4.88. The maximum Gasteiger partial charge on any atom is 0.114 e. The first kappa shape index (κ1) is 16.4. The molecule has 1 aromatic heterocycles. The van der Waals surface area contributed by atoms with Crippen molar-refractivity contribution in [3.8, 4) is 11.8 Å². The highest BCUT2D eigenvalue weighted by Gasteiger charge is 2.16. The summed E-state index contributed by atoms with van der Waals surface area (Å²) < 4.78 is 2.24. The van der Waals surface area contributed by atoms with Gasteiger partial charge in [-0.1, -0.05) is 43.7 Å². The van der Waals surface area contributed by atoms with Crippen molar-refractivity contribution in [3.63, 3.8) is 0 Å². The number of aryl methyl sites for hydroxylation is 1. The molecule has 0 atom stereocenters. The Morgan fingerprint density at radius 2 is 1.81 bits per heavy atom. The van der Waals surface area contributed by atoms with Crippen LogP contribution in [0, 0.1) is 18.3 Å². The third-order valence-electron chi connectivity index (χ3n) is 5.01. The number of rotatable bonds is 4. The van der Waals surface area contributed by atoms with E-state index in [1.807, 2.05) is 19.1 Å². The predicted octanol–water partition coefficient (Wildman–Crippen LogP) is 5.70. The van der Waals surface area contributed by atoms with E-state index in [9.17, 15) is 5.26 Å². The van der Waals surface area contributed by atoms with E-state index in [-0.39, 0.29) is 0 Å². The molecule has 0 amide bonds. The average Bonchev–Trinajstić information content (AvgIpc) is 3.01. The van der Waals surface area contributed by atoms with E-state index in [1.165, 1.54) is 10.8 Å². The smallest absolute Gasteiger partial charge is 0.114 e. The topological polar surface area (TPSA) is 41.6 Å². The maximum atomic E-state index is 9.43. The molecule has 0 radical (unpaired) electrons. The van der Waals surface area contributed by atoms with Crippen LogP contribution in [-0.2, 0) is 6.42 Å². The van der Waals surface area contributed by atoms with E-state index >= 15 is 0 Å². The molecule has 26 heavy (non-hydrogen) atoms. The van der Waals surface area contributed by atoms with Crippen LogP contribution >= 0.6 is 0 Å². The van der Waals surface area contributed by atoms with Crippen molar-refractivity contribution >= 4 is 21.8 Å². The minimum Gasteiger partial charge on any atom is -0.296 e. The minimum atomic E-state index is 0.714. The van der Waals surface area contributed by atoms with Gasteiger partial charge in [0.05, 0.1) is 28.4 Å². The summed E-state index contributed by atoms with van der Waals surface area (Å²) in [5.74, 6) is 1.07. The SMILES string of the molecule is CCCCc1nc2cc3ccccc3cc2n1-c1cccc(C#N)c1C. The molecule has 0 aliphatic carbocycles. The van der Waals surface area contributed by atoms with Crippen LogP contribution in [0.25, 0.3) is 27.5 Å². The van der Waals surface area contributed by atoms with E-state index in [1.54, 1.807) is 0 Å². The van der Waals surface area contributed by atoms with Crippen molar-refractivity contribution in [3.05, 3.63) is 71.5 Å². The molecule has 3 nitrogen and oxygen atoms in total. The van der Waals surface area contributed by atoms with Gasteiger partial charge in [-0.15, -0.1) is 0 Å². The Balaban J connectivity index is 2.05. The summed E-state index contributed by atoms with van der Waals surface area (Å²) in [6.07, 6.45) is 3.15. The fourth-order valence-electron chi connectivity index (χ4n) is 3.57. The number of imidazole rings is 1. The van der Waals surface area contributed by atoms with E-state index in [0.717, 1.165) is 47.4 Å². The molecule has 4 rings (SSSR count). The molecule has 0 fully saturated rings. The molecule has 0 saturated carbocycles. The van der Waals surface area contributed by atoms with Crippen LogP contribution in [0.1, 0.15) is 36.7 Å². The molecule has 0 N–H and O–H groups in total. The minimum absolute atomic E-state index is 0.714. The molecule has 3 aromatic carbocycles. The number of unbranched alkanes of at least 4 members (excludes halogenated alkanes) is 1. The van der Waals surface area contributed by atoms with Gasteiger partial charge >= 0.3 is 0 Å². The molecule has 128 valence electrons. The second-order valence-electron chi connectivity index (χ2n) is 6.72. The molecule has 4 aromatic rings. The molecule has 0 spiro atoms. The lowest BCUT2D eigenvalue weighted by Gasteiger charge is -2.13. The summed E-state index contributed by atoms with van der Waals surface area (Å²) in [6, 6.07) is 21.0. The van der Waals surface area contributed by atoms with Crippen LogP contribution in [0.4, 0.5) is 0 Å². The monoisotopic (exact) mass is 339 g/mol. The first-order valence-electron chi connectivity index (χ1n) is 9.13. The Bertz CT molecular complexity index is 1150.